The summed E-state index contributed by atoms with van der Waals surface area (Å²) in [7, 11) is 0. The molecule has 2 rings (SSSR count). The Kier molecular flexibility index (Phi) is 2.58. The van der Waals surface area contributed by atoms with Crippen LogP contribution >= 0.6 is 0 Å². The zero-order chi connectivity index (χ0) is 10.8. The first-order chi connectivity index (χ1) is 7.24. The third kappa shape index (κ3) is 1.67. The lowest BCUT2D eigenvalue weighted by Gasteiger charge is -2.07. The van der Waals surface area contributed by atoms with Crippen molar-refractivity contribution < 1.29 is 4.79 Å². The van der Waals surface area contributed by atoms with Crippen molar-refractivity contribution in [1.82, 2.24) is 4.98 Å². The molecule has 1 aromatic heterocycles. The van der Waals surface area contributed by atoms with Crippen molar-refractivity contribution >= 4 is 17.2 Å². The molecule has 0 aliphatic carbocycles. The summed E-state index contributed by atoms with van der Waals surface area (Å²) in [5.41, 5.74) is 3.67. The molecular formula is C13H15NO. The summed E-state index contributed by atoms with van der Waals surface area (Å²) in [6.07, 6.45) is 3.59. The molecule has 0 radical (unpaired) electrons. The highest BCUT2D eigenvalue weighted by Gasteiger charge is 2.11. The van der Waals surface area contributed by atoms with Crippen LogP contribution in [0.25, 0.3) is 10.9 Å². The van der Waals surface area contributed by atoms with Gasteiger partial charge in [-0.3, -0.25) is 0 Å². The van der Waals surface area contributed by atoms with E-state index in [0.29, 0.717) is 6.42 Å². The molecule has 15 heavy (non-hydrogen) atoms. The average Bonchev–Trinajstić information content (AvgIpc) is 2.63. The summed E-state index contributed by atoms with van der Waals surface area (Å²) in [4.78, 5) is 13.8. The average molecular weight is 201 g/mol. The fourth-order valence-corrected chi connectivity index (χ4v) is 2.06. The number of aldehydes is 1. The molecule has 1 N–H and O–H groups in total. The Balaban J connectivity index is 2.56. The molecule has 78 valence electrons. The Morgan fingerprint density at radius 3 is 3.00 bits per heavy atom. The smallest absolute Gasteiger partial charge is 0.120 e. The van der Waals surface area contributed by atoms with E-state index in [2.05, 4.69) is 31.0 Å². The number of carbonyl (C=O) groups is 1. The number of rotatable bonds is 3. The molecule has 0 bridgehead atoms. The van der Waals surface area contributed by atoms with Crippen molar-refractivity contribution in [3.05, 3.63) is 35.5 Å². The maximum atomic E-state index is 10.5. The number of hydrogen-bond acceptors (Lipinski definition) is 1. The van der Waals surface area contributed by atoms with Gasteiger partial charge in [0.15, 0.2) is 0 Å². The fourth-order valence-electron chi connectivity index (χ4n) is 2.06. The van der Waals surface area contributed by atoms with E-state index in [0.717, 1.165) is 11.8 Å². The minimum atomic E-state index is 0.289. The fraction of sp³-hybridized carbons (Fsp3) is 0.308. The van der Waals surface area contributed by atoms with Crippen LogP contribution in [0.2, 0.25) is 0 Å². The largest absolute Gasteiger partial charge is 0.361 e. The molecule has 0 aliphatic rings. The van der Waals surface area contributed by atoms with E-state index >= 15 is 0 Å². The van der Waals surface area contributed by atoms with Crippen LogP contribution in [-0.2, 0) is 4.79 Å². The van der Waals surface area contributed by atoms with Crippen LogP contribution < -0.4 is 0 Å². The van der Waals surface area contributed by atoms with Gasteiger partial charge in [-0.1, -0.05) is 19.1 Å². The van der Waals surface area contributed by atoms with Gasteiger partial charge in [0.2, 0.25) is 0 Å². The van der Waals surface area contributed by atoms with Crippen LogP contribution in [-0.4, -0.2) is 11.3 Å². The Morgan fingerprint density at radius 1 is 1.47 bits per heavy atom. The Morgan fingerprint density at radius 2 is 2.27 bits per heavy atom. The normalized spacial score (nSPS) is 12.9. The highest BCUT2D eigenvalue weighted by atomic mass is 16.1. The van der Waals surface area contributed by atoms with Crippen molar-refractivity contribution in [1.29, 1.82) is 0 Å². The number of nitrogens with one attached hydrogen (secondary N) is 1. The first-order valence-electron chi connectivity index (χ1n) is 5.24. The molecule has 0 fully saturated rings. The van der Waals surface area contributed by atoms with E-state index in [1.807, 2.05) is 12.3 Å². The predicted molar refractivity (Wildman–Crippen MR) is 62.1 cm³/mol. The highest BCUT2D eigenvalue weighted by molar-refractivity contribution is 5.87. The molecule has 0 saturated heterocycles. The number of aromatic nitrogens is 1. The number of H-pyrrole nitrogens is 1. The maximum Gasteiger partial charge on any atom is 0.120 e. The van der Waals surface area contributed by atoms with Crippen molar-refractivity contribution in [2.45, 2.75) is 26.2 Å². The van der Waals surface area contributed by atoms with Gasteiger partial charge in [0, 0.05) is 23.5 Å². The van der Waals surface area contributed by atoms with Crippen molar-refractivity contribution in [3.8, 4) is 0 Å². The maximum absolute atomic E-state index is 10.5. The van der Waals surface area contributed by atoms with E-state index in [-0.39, 0.29) is 5.92 Å². The monoisotopic (exact) mass is 201 g/mol. The summed E-state index contributed by atoms with van der Waals surface area (Å²) in [5, 5.41) is 1.27. The molecule has 0 aliphatic heterocycles. The summed E-state index contributed by atoms with van der Waals surface area (Å²) >= 11 is 0. The van der Waals surface area contributed by atoms with Gasteiger partial charge in [-0.2, -0.15) is 0 Å². The number of aryl methyl sites for hydroxylation is 1. The van der Waals surface area contributed by atoms with Crippen LogP contribution in [0.3, 0.4) is 0 Å². The van der Waals surface area contributed by atoms with Crippen LogP contribution in [0, 0.1) is 6.92 Å². The van der Waals surface area contributed by atoms with E-state index in [1.54, 1.807) is 0 Å². The first-order valence-corrected chi connectivity index (χ1v) is 5.24. The van der Waals surface area contributed by atoms with Gasteiger partial charge in [0.1, 0.15) is 6.29 Å². The molecule has 2 nitrogen and oxygen atoms in total. The Hall–Kier alpha value is -1.57. The zero-order valence-corrected chi connectivity index (χ0v) is 9.08. The molecule has 0 amide bonds. The molecule has 0 spiro atoms. The third-order valence-electron chi connectivity index (χ3n) is 2.93. The van der Waals surface area contributed by atoms with Gasteiger partial charge in [0.25, 0.3) is 0 Å². The van der Waals surface area contributed by atoms with Crippen molar-refractivity contribution in [2.75, 3.05) is 0 Å². The molecule has 1 atom stereocenters. The highest BCUT2D eigenvalue weighted by Crippen LogP contribution is 2.29. The zero-order valence-electron chi connectivity index (χ0n) is 9.08. The quantitative estimate of drug-likeness (QED) is 0.760. The van der Waals surface area contributed by atoms with Gasteiger partial charge < -0.3 is 9.78 Å². The Labute approximate surface area is 89.3 Å². The van der Waals surface area contributed by atoms with Gasteiger partial charge >= 0.3 is 0 Å². The summed E-state index contributed by atoms with van der Waals surface area (Å²) < 4.78 is 0. The van der Waals surface area contributed by atoms with Crippen molar-refractivity contribution in [3.63, 3.8) is 0 Å². The SMILES string of the molecule is Cc1cccc2[nH]cc(C(C)CC=O)c12. The second kappa shape index (κ2) is 3.89. The molecule has 0 saturated carbocycles. The number of carbonyl (C=O) groups excluding carboxylic acids is 1. The summed E-state index contributed by atoms with van der Waals surface area (Å²) in [6.45, 7) is 4.19. The standard InChI is InChI=1S/C13H15NO/c1-9(6-7-15)11-8-14-12-5-3-4-10(2)13(11)12/h3-5,7-9,14H,6H2,1-2H3. The number of benzene rings is 1. The van der Waals surface area contributed by atoms with Crippen LogP contribution in [0.5, 0.6) is 0 Å². The number of aromatic amines is 1. The second-order valence-corrected chi connectivity index (χ2v) is 4.04. The van der Waals surface area contributed by atoms with Crippen LogP contribution in [0.1, 0.15) is 30.4 Å². The lowest BCUT2D eigenvalue weighted by molar-refractivity contribution is -0.108. The molecule has 1 unspecified atom stereocenters. The van der Waals surface area contributed by atoms with E-state index < -0.39 is 0 Å². The molecular weight excluding hydrogens is 186 g/mol. The third-order valence-corrected chi connectivity index (χ3v) is 2.93. The lowest BCUT2D eigenvalue weighted by Crippen LogP contribution is -1.93. The Bertz CT molecular complexity index is 484. The first kappa shape index (κ1) is 9.97. The van der Waals surface area contributed by atoms with Gasteiger partial charge in [-0.05, 0) is 30.0 Å². The number of hydrogen-bond donors (Lipinski definition) is 1. The molecule has 2 aromatic rings. The molecule has 1 aromatic carbocycles. The lowest BCUT2D eigenvalue weighted by atomic mass is 9.96. The van der Waals surface area contributed by atoms with E-state index in [1.165, 1.54) is 16.5 Å². The predicted octanol–water partition coefficient (Wildman–Crippen LogP) is 3.17. The van der Waals surface area contributed by atoms with Crippen LogP contribution in [0.4, 0.5) is 0 Å². The topological polar surface area (TPSA) is 32.9 Å². The number of fused-ring (bicyclic) bond motifs is 1. The molecule has 1 heterocycles. The minimum absolute atomic E-state index is 0.289. The van der Waals surface area contributed by atoms with Gasteiger partial charge in [0.05, 0.1) is 0 Å². The van der Waals surface area contributed by atoms with Crippen molar-refractivity contribution in [2.24, 2.45) is 0 Å². The van der Waals surface area contributed by atoms with Gasteiger partial charge in [-0.15, -0.1) is 0 Å². The van der Waals surface area contributed by atoms with Gasteiger partial charge in [-0.25, -0.2) is 0 Å². The van der Waals surface area contributed by atoms with Crippen LogP contribution in [0.15, 0.2) is 24.4 Å². The second-order valence-electron chi connectivity index (χ2n) is 4.04. The molecule has 2 heteroatoms. The van der Waals surface area contributed by atoms with E-state index in [9.17, 15) is 4.79 Å². The summed E-state index contributed by atoms with van der Waals surface area (Å²) in [5.74, 6) is 0.289. The van der Waals surface area contributed by atoms with E-state index in [4.69, 9.17) is 0 Å². The minimum Gasteiger partial charge on any atom is -0.361 e. The summed E-state index contributed by atoms with van der Waals surface area (Å²) in [6, 6.07) is 6.22.